The summed E-state index contributed by atoms with van der Waals surface area (Å²) in [5.74, 6) is -0.868. The Balaban J connectivity index is 0.807. The number of nitriles is 1. The lowest BCUT2D eigenvalue weighted by Gasteiger charge is -2.63. The van der Waals surface area contributed by atoms with Crippen LogP contribution in [0.4, 0.5) is 0 Å². The van der Waals surface area contributed by atoms with Crippen molar-refractivity contribution in [3.05, 3.63) is 87.7 Å². The molecule has 3 fully saturated rings. The summed E-state index contributed by atoms with van der Waals surface area (Å²) in [7, 11) is 0. The Morgan fingerprint density at radius 2 is 1.66 bits per heavy atom. The lowest BCUT2D eigenvalue weighted by Crippen LogP contribution is -2.74. The normalized spacial score (nSPS) is 22.8. The number of hydrogen-bond donors (Lipinski definition) is 2. The van der Waals surface area contributed by atoms with Gasteiger partial charge in [0.15, 0.2) is 0 Å². The van der Waals surface area contributed by atoms with Gasteiger partial charge in [0.25, 0.3) is 17.7 Å². The largest absolute Gasteiger partial charge is 0.494 e. The summed E-state index contributed by atoms with van der Waals surface area (Å²) in [5.41, 5.74) is 1.63. The van der Waals surface area contributed by atoms with Crippen molar-refractivity contribution in [2.75, 3.05) is 26.2 Å². The number of amides is 5. The molecule has 4 aliphatic rings. The summed E-state index contributed by atoms with van der Waals surface area (Å²) in [4.78, 5) is 71.5. The summed E-state index contributed by atoms with van der Waals surface area (Å²) in [6, 6.07) is 14.6. The first kappa shape index (κ1) is 40.9. The average Bonchev–Trinajstić information content (AvgIpc) is 3.45. The van der Waals surface area contributed by atoms with E-state index in [1.807, 2.05) is 12.1 Å². The Bertz CT molecular complexity index is 2140. The van der Waals surface area contributed by atoms with Crippen molar-refractivity contribution in [1.29, 1.82) is 5.26 Å². The van der Waals surface area contributed by atoms with Crippen molar-refractivity contribution in [3.63, 3.8) is 0 Å². The molecule has 58 heavy (non-hydrogen) atoms. The van der Waals surface area contributed by atoms with E-state index >= 15 is 0 Å². The van der Waals surface area contributed by atoms with Crippen molar-refractivity contribution in [3.8, 4) is 17.6 Å². The maximum absolute atomic E-state index is 13.4. The van der Waals surface area contributed by atoms with E-state index in [1.54, 1.807) is 42.6 Å². The summed E-state index contributed by atoms with van der Waals surface area (Å²) >= 11 is 6.24. The van der Waals surface area contributed by atoms with Crippen LogP contribution in [0.3, 0.4) is 0 Å². The molecule has 1 aliphatic carbocycles. The number of aromatic nitrogens is 1. The molecule has 1 saturated carbocycles. The Morgan fingerprint density at radius 3 is 2.33 bits per heavy atom. The van der Waals surface area contributed by atoms with Gasteiger partial charge < -0.3 is 19.7 Å². The first-order valence-electron chi connectivity index (χ1n) is 20.0. The number of nitrogens with one attached hydrogen (secondary N) is 2. The molecule has 0 radical (unpaired) electrons. The number of hydrogen-bond acceptors (Lipinski definition) is 10. The molecule has 2 N–H and O–H groups in total. The van der Waals surface area contributed by atoms with E-state index in [1.165, 1.54) is 0 Å². The molecule has 14 heteroatoms. The summed E-state index contributed by atoms with van der Waals surface area (Å²) < 4.78 is 12.3. The molecule has 7 rings (SSSR count). The molecule has 5 amide bonds. The lowest BCUT2D eigenvalue weighted by atomic mass is 9.49. The minimum atomic E-state index is -0.997. The Labute approximate surface area is 343 Å². The lowest BCUT2D eigenvalue weighted by molar-refractivity contribution is -0.164. The fourth-order valence-electron chi connectivity index (χ4n) is 9.39. The molecule has 0 bridgehead atoms. The van der Waals surface area contributed by atoms with Crippen LogP contribution in [0.1, 0.15) is 121 Å². The number of benzene rings is 2. The van der Waals surface area contributed by atoms with Crippen LogP contribution in [-0.2, 0) is 9.59 Å². The monoisotopic (exact) mass is 808 g/mol. The van der Waals surface area contributed by atoms with Gasteiger partial charge in [-0.3, -0.25) is 39.2 Å². The Kier molecular flexibility index (Phi) is 11.6. The van der Waals surface area contributed by atoms with Crippen molar-refractivity contribution < 1.29 is 33.4 Å². The quantitative estimate of drug-likeness (QED) is 0.153. The zero-order valence-electron chi connectivity index (χ0n) is 33.3. The van der Waals surface area contributed by atoms with E-state index in [0.29, 0.717) is 40.2 Å². The van der Waals surface area contributed by atoms with E-state index < -0.39 is 29.7 Å². The first-order chi connectivity index (χ1) is 27.7. The van der Waals surface area contributed by atoms with Gasteiger partial charge in [-0.05, 0) is 101 Å². The highest BCUT2D eigenvalue weighted by molar-refractivity contribution is 6.31. The number of halogens is 1. The van der Waals surface area contributed by atoms with Crippen LogP contribution >= 0.6 is 11.6 Å². The van der Waals surface area contributed by atoms with Crippen LogP contribution in [0, 0.1) is 22.2 Å². The van der Waals surface area contributed by atoms with Crippen molar-refractivity contribution >= 4 is 41.1 Å². The van der Waals surface area contributed by atoms with Gasteiger partial charge in [0.05, 0.1) is 33.9 Å². The fourth-order valence-corrected chi connectivity index (χ4v) is 9.60. The smallest absolute Gasteiger partial charge is 0.262 e. The van der Waals surface area contributed by atoms with Crippen molar-refractivity contribution in [2.24, 2.45) is 10.8 Å². The predicted molar refractivity (Wildman–Crippen MR) is 215 cm³/mol. The molecule has 1 unspecified atom stereocenters. The topological polar surface area (TPSA) is 171 Å². The molecule has 13 nitrogen and oxygen atoms in total. The number of unbranched alkanes of at least 4 members (excludes halogenated alkanes) is 2. The number of rotatable bonds is 13. The summed E-state index contributed by atoms with van der Waals surface area (Å²) in [6.45, 7) is 11.7. The third-order valence-corrected chi connectivity index (χ3v) is 12.6. The second kappa shape index (κ2) is 16.5. The number of nitrogens with zero attached hydrogens (tertiary/aromatic N) is 4. The van der Waals surface area contributed by atoms with Gasteiger partial charge in [-0.1, -0.05) is 39.3 Å². The number of carbonyl (C=O) groups excluding carboxylic acids is 5. The molecular weight excluding hydrogens is 760 g/mol. The number of likely N-dealkylation sites (tertiary alicyclic amines) is 1. The summed E-state index contributed by atoms with van der Waals surface area (Å²) in [5, 5.41) is 15.0. The molecule has 1 atom stereocenters. The van der Waals surface area contributed by atoms with Gasteiger partial charge in [-0.2, -0.15) is 5.26 Å². The van der Waals surface area contributed by atoms with E-state index in [2.05, 4.69) is 49.3 Å². The SMILES string of the molecule is CC1(C)[C@H](NC(=O)c2ccc(C3CCN(CCCCCOc4ccc5c(c4)C(=O)N(C4CCC(=O)NC4=O)C5=O)CC3)nc2)C(C)(C)[C@H]1Oc1ccc(C#N)c(Cl)c1. The molecule has 3 aromatic rings. The fraction of sp³-hybridized carbons (Fsp3) is 0.477. The number of piperidine rings is 2. The minimum Gasteiger partial charge on any atom is -0.494 e. The number of ether oxygens (including phenoxy) is 2. The van der Waals surface area contributed by atoms with Crippen LogP contribution in [0.15, 0.2) is 54.7 Å². The minimum absolute atomic E-state index is 0.0743. The van der Waals surface area contributed by atoms with Crippen LogP contribution in [0.5, 0.6) is 11.5 Å². The molecule has 0 spiro atoms. The third-order valence-electron chi connectivity index (χ3n) is 12.3. The number of imide groups is 2. The standard InChI is InChI=1S/C44H49ClN6O7/c1-43(2)41(44(3,4)42(43)58-30-10-8-27(24-46)33(45)23-30)49-37(53)28-9-13-34(47-25-28)26-16-19-50(20-17-26)18-6-5-7-21-57-29-11-12-31-32(22-29)40(56)51(39(31)55)35-14-15-36(52)48-38(35)54/h8-13,22-23,25-26,35,41-42H,5-7,14-21H2,1-4H3,(H,49,53)(H,48,52,54)/t35?,41-,42-. The molecule has 1 aromatic heterocycles. The van der Waals surface area contributed by atoms with Gasteiger partial charge in [0.1, 0.15) is 29.7 Å². The van der Waals surface area contributed by atoms with E-state index in [4.69, 9.17) is 26.1 Å². The van der Waals surface area contributed by atoms with E-state index in [9.17, 15) is 29.2 Å². The number of fused-ring (bicyclic) bond motifs is 1. The first-order valence-corrected chi connectivity index (χ1v) is 20.4. The van der Waals surface area contributed by atoms with E-state index in [-0.39, 0.29) is 52.9 Å². The van der Waals surface area contributed by atoms with Crippen LogP contribution in [0.25, 0.3) is 0 Å². The van der Waals surface area contributed by atoms with Gasteiger partial charge >= 0.3 is 0 Å². The Morgan fingerprint density at radius 1 is 0.931 bits per heavy atom. The van der Waals surface area contributed by atoms with Crippen molar-refractivity contribution in [1.82, 2.24) is 25.4 Å². The molecule has 4 heterocycles. The highest BCUT2D eigenvalue weighted by atomic mass is 35.5. The molecule has 3 aliphatic heterocycles. The highest BCUT2D eigenvalue weighted by Gasteiger charge is 2.64. The second-order valence-electron chi connectivity index (χ2n) is 17.0. The molecule has 2 aromatic carbocycles. The maximum Gasteiger partial charge on any atom is 0.262 e. The number of carbonyl (C=O) groups is 5. The van der Waals surface area contributed by atoms with Gasteiger partial charge in [-0.15, -0.1) is 0 Å². The Hall–Kier alpha value is -5.32. The second-order valence-corrected chi connectivity index (χ2v) is 17.4. The maximum atomic E-state index is 13.4. The van der Waals surface area contributed by atoms with Crippen molar-refractivity contribution in [2.45, 2.75) is 96.7 Å². The number of pyridine rings is 1. The third kappa shape index (κ3) is 8.05. The van der Waals surface area contributed by atoms with E-state index in [0.717, 1.165) is 62.3 Å². The van der Waals surface area contributed by atoms with Gasteiger partial charge in [0.2, 0.25) is 11.8 Å². The zero-order valence-corrected chi connectivity index (χ0v) is 34.1. The highest BCUT2D eigenvalue weighted by Crippen LogP contribution is 2.55. The van der Waals surface area contributed by atoms with Crippen LogP contribution < -0.4 is 20.1 Å². The van der Waals surface area contributed by atoms with Crippen LogP contribution in [-0.4, -0.2) is 88.7 Å². The van der Waals surface area contributed by atoms with Gasteiger partial charge in [0, 0.05) is 47.2 Å². The van der Waals surface area contributed by atoms with Crippen LogP contribution in [0.2, 0.25) is 5.02 Å². The molecule has 304 valence electrons. The molecule has 2 saturated heterocycles. The molecular formula is C44H49ClN6O7. The average molecular weight is 809 g/mol. The summed E-state index contributed by atoms with van der Waals surface area (Å²) in [6.07, 6.45) is 6.52. The zero-order chi connectivity index (χ0) is 41.4. The predicted octanol–water partition coefficient (Wildman–Crippen LogP) is 6.05. The van der Waals surface area contributed by atoms with Gasteiger partial charge in [-0.25, -0.2) is 0 Å².